The van der Waals surface area contributed by atoms with Gasteiger partial charge in [-0.15, -0.1) is 0 Å². The van der Waals surface area contributed by atoms with Crippen LogP contribution in [0, 0.1) is 0 Å². The van der Waals surface area contributed by atoms with Gasteiger partial charge in [-0.2, -0.15) is 0 Å². The number of rotatable bonds is 5. The van der Waals surface area contributed by atoms with Crippen LogP contribution in [0.15, 0.2) is 24.3 Å². The molecule has 0 saturated heterocycles. The Bertz CT molecular complexity index is 403. The zero-order chi connectivity index (χ0) is 12.8. The van der Waals surface area contributed by atoms with Gasteiger partial charge in [0.15, 0.2) is 0 Å². The first kappa shape index (κ1) is 13.0. The smallest absolute Gasteiger partial charge is 0.320 e. The van der Waals surface area contributed by atoms with Crippen molar-refractivity contribution in [2.45, 2.75) is 18.9 Å². The van der Waals surface area contributed by atoms with Gasteiger partial charge in [0.2, 0.25) is 5.91 Å². The van der Waals surface area contributed by atoms with Gasteiger partial charge in [0.1, 0.15) is 6.04 Å². The largest absolute Gasteiger partial charge is 0.480 e. The average molecular weight is 237 g/mol. The molecule has 0 saturated carbocycles. The van der Waals surface area contributed by atoms with Gasteiger partial charge in [-0.25, -0.2) is 0 Å². The third-order valence-corrected chi connectivity index (χ3v) is 2.19. The molecule has 6 nitrogen and oxygen atoms in total. The molecule has 0 spiro atoms. The number of nitrogen functional groups attached to an aromatic ring is 1. The summed E-state index contributed by atoms with van der Waals surface area (Å²) in [7, 11) is 0. The van der Waals surface area contributed by atoms with Crippen molar-refractivity contribution in [1.29, 1.82) is 0 Å². The van der Waals surface area contributed by atoms with Crippen LogP contribution >= 0.6 is 0 Å². The number of benzene rings is 1. The first-order chi connectivity index (χ1) is 7.99. The maximum Gasteiger partial charge on any atom is 0.320 e. The molecule has 0 bridgehead atoms. The van der Waals surface area contributed by atoms with Gasteiger partial charge in [-0.3, -0.25) is 9.59 Å². The molecule has 0 fully saturated rings. The summed E-state index contributed by atoms with van der Waals surface area (Å²) < 4.78 is 0. The van der Waals surface area contributed by atoms with Crippen LogP contribution in [-0.4, -0.2) is 23.0 Å². The lowest BCUT2D eigenvalue weighted by Crippen LogP contribution is -2.31. The minimum atomic E-state index is -1.11. The van der Waals surface area contributed by atoms with E-state index in [0.717, 1.165) is 0 Å². The standard InChI is InChI=1S/C11H15N3O3/c12-7-1-3-8(4-2-7)14-10(15)6-5-9(13)11(16)17/h1-4,9H,5-6,12-13H2,(H,14,15)(H,16,17)/t9-/m0/s1. The number of carboxylic acids is 1. The fourth-order valence-electron chi connectivity index (χ4n) is 1.20. The topological polar surface area (TPSA) is 118 Å². The van der Waals surface area contributed by atoms with E-state index in [1.54, 1.807) is 24.3 Å². The molecule has 0 aliphatic heterocycles. The highest BCUT2D eigenvalue weighted by atomic mass is 16.4. The number of anilines is 2. The summed E-state index contributed by atoms with van der Waals surface area (Å²) in [6, 6.07) is 5.67. The van der Waals surface area contributed by atoms with E-state index in [1.165, 1.54) is 0 Å². The summed E-state index contributed by atoms with van der Waals surface area (Å²) in [4.78, 5) is 21.9. The number of amides is 1. The molecule has 0 aliphatic rings. The molecule has 0 aromatic heterocycles. The normalized spacial score (nSPS) is 11.8. The van der Waals surface area contributed by atoms with Crippen LogP contribution in [0.2, 0.25) is 0 Å². The molecule has 6 heteroatoms. The molecule has 1 rings (SSSR count). The molecule has 1 aromatic rings. The van der Waals surface area contributed by atoms with Crippen molar-refractivity contribution in [1.82, 2.24) is 0 Å². The van der Waals surface area contributed by atoms with Gasteiger partial charge in [-0.05, 0) is 30.7 Å². The van der Waals surface area contributed by atoms with Crippen molar-refractivity contribution in [3.05, 3.63) is 24.3 Å². The van der Waals surface area contributed by atoms with Crippen LogP contribution in [0.1, 0.15) is 12.8 Å². The molecular weight excluding hydrogens is 222 g/mol. The number of aliphatic carboxylic acids is 1. The molecule has 17 heavy (non-hydrogen) atoms. The van der Waals surface area contributed by atoms with Gasteiger partial charge in [0, 0.05) is 17.8 Å². The molecule has 1 aromatic carbocycles. The lowest BCUT2D eigenvalue weighted by Gasteiger charge is -2.07. The first-order valence-corrected chi connectivity index (χ1v) is 5.13. The fraction of sp³-hybridized carbons (Fsp3) is 0.273. The zero-order valence-electron chi connectivity index (χ0n) is 9.22. The van der Waals surface area contributed by atoms with Crippen LogP contribution in [-0.2, 0) is 9.59 Å². The Morgan fingerprint density at radius 2 is 1.88 bits per heavy atom. The van der Waals surface area contributed by atoms with Crippen molar-refractivity contribution in [3.8, 4) is 0 Å². The molecule has 0 radical (unpaired) electrons. The van der Waals surface area contributed by atoms with Crippen LogP contribution < -0.4 is 16.8 Å². The van der Waals surface area contributed by atoms with Gasteiger partial charge >= 0.3 is 5.97 Å². The summed E-state index contributed by atoms with van der Waals surface area (Å²) in [5.74, 6) is -1.38. The van der Waals surface area contributed by atoms with Crippen LogP contribution in [0.5, 0.6) is 0 Å². The van der Waals surface area contributed by atoms with Crippen LogP contribution in [0.25, 0.3) is 0 Å². The highest BCUT2D eigenvalue weighted by molar-refractivity contribution is 5.91. The van der Waals surface area contributed by atoms with Crippen molar-refractivity contribution in [2.75, 3.05) is 11.1 Å². The Kier molecular flexibility index (Phi) is 4.47. The third-order valence-electron chi connectivity index (χ3n) is 2.19. The van der Waals surface area contributed by atoms with Crippen LogP contribution in [0.4, 0.5) is 11.4 Å². The predicted molar refractivity (Wildman–Crippen MR) is 64.3 cm³/mol. The maximum atomic E-state index is 11.4. The van der Waals surface area contributed by atoms with E-state index in [9.17, 15) is 9.59 Å². The molecule has 92 valence electrons. The van der Waals surface area contributed by atoms with Gasteiger partial charge in [0.05, 0.1) is 0 Å². The van der Waals surface area contributed by atoms with E-state index in [1.807, 2.05) is 0 Å². The molecule has 6 N–H and O–H groups in total. The van der Waals surface area contributed by atoms with Crippen molar-refractivity contribution in [2.24, 2.45) is 5.73 Å². The number of carbonyl (C=O) groups is 2. The summed E-state index contributed by atoms with van der Waals surface area (Å²) in [6.07, 6.45) is 0.175. The summed E-state index contributed by atoms with van der Waals surface area (Å²) in [5, 5.41) is 11.2. The van der Waals surface area contributed by atoms with Crippen molar-refractivity contribution >= 4 is 23.3 Å². The first-order valence-electron chi connectivity index (χ1n) is 5.13. The monoisotopic (exact) mass is 237 g/mol. The average Bonchev–Trinajstić information content (AvgIpc) is 2.29. The lowest BCUT2D eigenvalue weighted by molar-refractivity contribution is -0.138. The van der Waals surface area contributed by atoms with E-state index < -0.39 is 12.0 Å². The molecule has 1 atom stereocenters. The number of carboxylic acid groups (broad SMARTS) is 1. The van der Waals surface area contributed by atoms with E-state index in [2.05, 4.69) is 5.32 Å². The second-order valence-electron chi connectivity index (χ2n) is 3.65. The molecule has 0 heterocycles. The van der Waals surface area contributed by atoms with Gasteiger partial charge in [-0.1, -0.05) is 0 Å². The molecule has 0 aliphatic carbocycles. The highest BCUT2D eigenvalue weighted by Gasteiger charge is 2.13. The number of hydrogen-bond donors (Lipinski definition) is 4. The minimum Gasteiger partial charge on any atom is -0.480 e. The Balaban J connectivity index is 2.39. The SMILES string of the molecule is Nc1ccc(NC(=O)CC[C@H](N)C(=O)O)cc1. The Labute approximate surface area is 98.6 Å². The van der Waals surface area contributed by atoms with Crippen molar-refractivity contribution < 1.29 is 14.7 Å². The number of nitrogens with two attached hydrogens (primary N) is 2. The summed E-state index contributed by atoms with van der Waals surface area (Å²) in [6.45, 7) is 0. The predicted octanol–water partition coefficient (Wildman–Crippen LogP) is 0.399. The Morgan fingerprint density at radius 1 is 1.29 bits per heavy atom. The van der Waals surface area contributed by atoms with Gasteiger partial charge < -0.3 is 21.9 Å². The summed E-state index contributed by atoms with van der Waals surface area (Å²) >= 11 is 0. The second-order valence-corrected chi connectivity index (χ2v) is 3.65. The van der Waals surface area contributed by atoms with Crippen LogP contribution in [0.3, 0.4) is 0 Å². The Morgan fingerprint density at radius 3 is 2.41 bits per heavy atom. The number of hydrogen-bond acceptors (Lipinski definition) is 4. The fourth-order valence-corrected chi connectivity index (χ4v) is 1.20. The van der Waals surface area contributed by atoms with E-state index in [0.29, 0.717) is 11.4 Å². The molecule has 1 amide bonds. The maximum absolute atomic E-state index is 11.4. The quantitative estimate of drug-likeness (QED) is 0.553. The third kappa shape index (κ3) is 4.52. The van der Waals surface area contributed by atoms with E-state index in [4.69, 9.17) is 16.6 Å². The molecular formula is C11H15N3O3. The van der Waals surface area contributed by atoms with E-state index >= 15 is 0 Å². The van der Waals surface area contributed by atoms with Gasteiger partial charge in [0.25, 0.3) is 0 Å². The zero-order valence-corrected chi connectivity index (χ0v) is 9.22. The highest BCUT2D eigenvalue weighted by Crippen LogP contribution is 2.11. The number of nitrogens with one attached hydrogen (secondary N) is 1. The summed E-state index contributed by atoms with van der Waals surface area (Å²) in [5.41, 5.74) is 12.0. The van der Waals surface area contributed by atoms with Crippen molar-refractivity contribution in [3.63, 3.8) is 0 Å². The second kappa shape index (κ2) is 5.86. The lowest BCUT2D eigenvalue weighted by atomic mass is 10.1. The van der Waals surface area contributed by atoms with E-state index in [-0.39, 0.29) is 18.7 Å². The molecule has 0 unspecified atom stereocenters. The minimum absolute atomic E-state index is 0.0673. The number of carbonyl (C=O) groups excluding carboxylic acids is 1. The Hall–Kier alpha value is -2.08.